The summed E-state index contributed by atoms with van der Waals surface area (Å²) in [5, 5.41) is 20.6. The Kier molecular flexibility index (Phi) is 7.12. The highest BCUT2D eigenvalue weighted by molar-refractivity contribution is 5.66. The van der Waals surface area contributed by atoms with Gasteiger partial charge in [0.2, 0.25) is 0 Å². The van der Waals surface area contributed by atoms with Crippen molar-refractivity contribution >= 4 is 5.97 Å². The number of carbonyl (C=O) groups excluding carboxylic acids is 1. The normalized spacial score (nSPS) is 41.7. The van der Waals surface area contributed by atoms with Gasteiger partial charge in [-0.15, -0.1) is 0 Å². The van der Waals surface area contributed by atoms with Crippen molar-refractivity contribution in [2.45, 2.75) is 144 Å². The van der Waals surface area contributed by atoms with Crippen molar-refractivity contribution in [1.29, 1.82) is 0 Å². The summed E-state index contributed by atoms with van der Waals surface area (Å²) in [6.07, 6.45) is 10.5. The minimum absolute atomic E-state index is 0.00704. The van der Waals surface area contributed by atoms with E-state index in [1.807, 2.05) is 0 Å². The van der Waals surface area contributed by atoms with Gasteiger partial charge >= 0.3 is 5.97 Å². The first-order valence-electron chi connectivity index (χ1n) is 14.8. The van der Waals surface area contributed by atoms with Crippen molar-refractivity contribution in [3.8, 4) is 0 Å². The first-order chi connectivity index (χ1) is 16.5. The summed E-state index contributed by atoms with van der Waals surface area (Å²) in [5.41, 5.74) is 3.25. The van der Waals surface area contributed by atoms with Crippen LogP contribution in [0, 0.1) is 39.4 Å². The van der Waals surface area contributed by atoms with Gasteiger partial charge < -0.3 is 14.9 Å². The minimum atomic E-state index is -1.03. The second kappa shape index (κ2) is 9.11. The van der Waals surface area contributed by atoms with Crippen LogP contribution < -0.4 is 0 Å². The van der Waals surface area contributed by atoms with Gasteiger partial charge in [-0.2, -0.15) is 0 Å². The number of rotatable bonds is 6. The molecule has 4 aliphatic carbocycles. The number of esters is 1. The van der Waals surface area contributed by atoms with Crippen LogP contribution in [-0.4, -0.2) is 34.0 Å². The number of allylic oxidation sites excluding steroid dienone is 2. The van der Waals surface area contributed by atoms with Crippen LogP contribution in [0.4, 0.5) is 0 Å². The van der Waals surface area contributed by atoms with E-state index in [0.29, 0.717) is 29.6 Å². The Hall–Kier alpha value is -0.870. The number of hydrogen-bond donors (Lipinski definition) is 2. The Morgan fingerprint density at radius 1 is 1.00 bits per heavy atom. The highest BCUT2D eigenvalue weighted by atomic mass is 16.5. The molecule has 0 heterocycles. The molecular weight excluding hydrogens is 448 g/mol. The molecule has 2 fully saturated rings. The van der Waals surface area contributed by atoms with E-state index >= 15 is 0 Å². The third kappa shape index (κ3) is 4.21. The van der Waals surface area contributed by atoms with Gasteiger partial charge in [0.1, 0.15) is 6.10 Å². The topological polar surface area (TPSA) is 66.8 Å². The molecule has 0 spiro atoms. The fraction of sp³-hybridized carbons (Fsp3) is 0.906. The molecule has 8 atom stereocenters. The van der Waals surface area contributed by atoms with Crippen LogP contribution in [0.25, 0.3) is 0 Å². The maximum Gasteiger partial charge on any atom is 0.302 e. The Bertz CT molecular complexity index is 896. The van der Waals surface area contributed by atoms with E-state index in [-0.39, 0.29) is 28.3 Å². The monoisotopic (exact) mass is 502 g/mol. The lowest BCUT2D eigenvalue weighted by Gasteiger charge is -2.62. The molecule has 4 nitrogen and oxygen atoms in total. The third-order valence-corrected chi connectivity index (χ3v) is 12.5. The molecule has 0 aliphatic heterocycles. The third-order valence-electron chi connectivity index (χ3n) is 12.5. The summed E-state index contributed by atoms with van der Waals surface area (Å²) >= 11 is 0. The molecule has 36 heavy (non-hydrogen) atoms. The van der Waals surface area contributed by atoms with Gasteiger partial charge in [0.25, 0.3) is 0 Å². The molecular formula is C32H54O4. The van der Waals surface area contributed by atoms with Gasteiger partial charge in [-0.3, -0.25) is 4.79 Å². The summed E-state index contributed by atoms with van der Waals surface area (Å²) in [7, 11) is 0. The van der Waals surface area contributed by atoms with Crippen molar-refractivity contribution < 1.29 is 19.7 Å². The molecule has 0 bridgehead atoms. The number of hydrogen-bond acceptors (Lipinski definition) is 4. The lowest BCUT2D eigenvalue weighted by Crippen LogP contribution is -2.55. The average molecular weight is 503 g/mol. The second-order valence-corrected chi connectivity index (χ2v) is 15.0. The Balaban J connectivity index is 1.59. The zero-order valence-electron chi connectivity index (χ0n) is 24.7. The summed E-state index contributed by atoms with van der Waals surface area (Å²) in [5.74, 6) is 1.61. The Labute approximate surface area is 220 Å². The van der Waals surface area contributed by atoms with Crippen molar-refractivity contribution in [3.05, 3.63) is 11.1 Å². The summed E-state index contributed by atoms with van der Waals surface area (Å²) < 4.78 is 5.85. The molecule has 2 N–H and O–H groups in total. The summed E-state index contributed by atoms with van der Waals surface area (Å²) in [4.78, 5) is 11.8. The Morgan fingerprint density at radius 2 is 1.67 bits per heavy atom. The van der Waals surface area contributed by atoms with Gasteiger partial charge in [-0.25, -0.2) is 0 Å². The summed E-state index contributed by atoms with van der Waals surface area (Å²) in [6.45, 7) is 19.8. The van der Waals surface area contributed by atoms with E-state index in [4.69, 9.17) is 4.74 Å². The predicted octanol–water partition coefficient (Wildman–Crippen LogP) is 7.22. The highest BCUT2D eigenvalue weighted by Gasteiger charge is 2.63. The first kappa shape index (κ1) is 28.1. The van der Waals surface area contributed by atoms with Crippen molar-refractivity contribution in [2.75, 3.05) is 0 Å². The van der Waals surface area contributed by atoms with Crippen molar-refractivity contribution in [3.63, 3.8) is 0 Å². The average Bonchev–Trinajstić information content (AvgIpc) is 3.04. The van der Waals surface area contributed by atoms with Crippen LogP contribution in [0.3, 0.4) is 0 Å². The lowest BCUT2D eigenvalue weighted by molar-refractivity contribution is -0.167. The van der Waals surface area contributed by atoms with E-state index in [9.17, 15) is 15.0 Å². The fourth-order valence-corrected chi connectivity index (χ4v) is 10.0. The molecule has 4 heteroatoms. The zero-order chi connectivity index (χ0) is 26.9. The maximum absolute atomic E-state index is 11.8. The molecule has 0 amide bonds. The molecule has 0 aromatic heterocycles. The molecule has 0 aromatic carbocycles. The lowest BCUT2D eigenvalue weighted by atomic mass is 9.43. The molecule has 4 rings (SSSR count). The largest absolute Gasteiger partial charge is 0.462 e. The van der Waals surface area contributed by atoms with Gasteiger partial charge in [0.15, 0.2) is 0 Å². The highest BCUT2D eigenvalue weighted by Crippen LogP contribution is 2.72. The van der Waals surface area contributed by atoms with Gasteiger partial charge in [0.05, 0.1) is 11.7 Å². The zero-order valence-corrected chi connectivity index (χ0v) is 24.7. The minimum Gasteiger partial charge on any atom is -0.462 e. The number of aliphatic hydroxyl groups excluding tert-OH is 1. The quantitative estimate of drug-likeness (QED) is 0.297. The summed E-state index contributed by atoms with van der Waals surface area (Å²) in [6, 6.07) is 0. The van der Waals surface area contributed by atoms with Crippen LogP contribution >= 0.6 is 0 Å². The van der Waals surface area contributed by atoms with Gasteiger partial charge in [0, 0.05) is 12.3 Å². The van der Waals surface area contributed by atoms with E-state index in [2.05, 4.69) is 41.5 Å². The molecule has 0 aromatic rings. The molecule has 2 saturated carbocycles. The molecule has 206 valence electrons. The molecule has 3 unspecified atom stereocenters. The molecule has 0 saturated heterocycles. The smallest absolute Gasteiger partial charge is 0.302 e. The number of aliphatic hydroxyl groups is 2. The fourth-order valence-electron chi connectivity index (χ4n) is 10.0. The molecule has 4 aliphatic rings. The standard InChI is InChI=1S/C32H54O4/c1-20(10-13-26(34)29(5,6)35)22-14-18-32(9)24-11-12-25-28(3,4)27(36-21(2)33)16-17-30(25,7)23(24)15-19-31(22,32)8/h20,22,25-27,34-35H,10-19H2,1-9H3/t20-,22?,25?,26?,27+,30-,31-,32+/m1/s1. The molecule has 0 radical (unpaired) electrons. The van der Waals surface area contributed by atoms with E-state index in [0.717, 1.165) is 19.3 Å². The Morgan fingerprint density at radius 3 is 2.28 bits per heavy atom. The second-order valence-electron chi connectivity index (χ2n) is 15.0. The predicted molar refractivity (Wildman–Crippen MR) is 145 cm³/mol. The van der Waals surface area contributed by atoms with E-state index < -0.39 is 11.7 Å². The maximum atomic E-state index is 11.8. The van der Waals surface area contributed by atoms with Crippen molar-refractivity contribution in [1.82, 2.24) is 0 Å². The van der Waals surface area contributed by atoms with Gasteiger partial charge in [-0.05, 0) is 112 Å². The van der Waals surface area contributed by atoms with Crippen LogP contribution in [0.1, 0.15) is 127 Å². The van der Waals surface area contributed by atoms with E-state index in [1.54, 1.807) is 31.9 Å². The SMILES string of the molecule is CC(=O)O[C@H]1CC[C@]2(C)C3=C(CCC2C1(C)C)[C@]1(C)CCC([C@H](C)CCC(O)C(C)(C)O)[C@@]1(C)CC3. The van der Waals surface area contributed by atoms with Gasteiger partial charge in [-0.1, -0.05) is 52.7 Å². The van der Waals surface area contributed by atoms with Crippen LogP contribution in [0.15, 0.2) is 11.1 Å². The van der Waals surface area contributed by atoms with Crippen molar-refractivity contribution in [2.24, 2.45) is 39.4 Å². The number of carbonyl (C=O) groups is 1. The van der Waals surface area contributed by atoms with Crippen LogP contribution in [0.5, 0.6) is 0 Å². The number of fused-ring (bicyclic) bond motifs is 4. The number of ether oxygens (including phenoxy) is 1. The first-order valence-corrected chi connectivity index (χ1v) is 14.8. The van der Waals surface area contributed by atoms with E-state index in [1.165, 1.54) is 38.5 Å². The van der Waals surface area contributed by atoms with Crippen LogP contribution in [0.2, 0.25) is 0 Å². The van der Waals surface area contributed by atoms with Crippen LogP contribution in [-0.2, 0) is 9.53 Å².